The van der Waals surface area contributed by atoms with Crippen LogP contribution in [-0.2, 0) is 9.53 Å². The molecule has 38 heavy (non-hydrogen) atoms. The largest absolute Gasteiger partial charge is 0.497 e. The monoisotopic (exact) mass is 523 g/mol. The Morgan fingerprint density at radius 2 is 1.76 bits per heavy atom. The number of rotatable bonds is 10. The molecule has 1 aliphatic heterocycles. The number of ether oxygens (including phenoxy) is 3. The molecule has 1 heterocycles. The van der Waals surface area contributed by atoms with Gasteiger partial charge in [0.05, 0.1) is 18.8 Å². The van der Waals surface area contributed by atoms with Crippen molar-refractivity contribution < 1.29 is 23.8 Å². The van der Waals surface area contributed by atoms with E-state index < -0.39 is 5.60 Å². The van der Waals surface area contributed by atoms with Crippen LogP contribution < -0.4 is 14.8 Å². The first-order valence-corrected chi connectivity index (χ1v) is 13.3. The molecule has 1 atom stereocenters. The van der Waals surface area contributed by atoms with Gasteiger partial charge in [-0.2, -0.15) is 0 Å². The Labute approximate surface area is 226 Å². The van der Waals surface area contributed by atoms with Crippen LogP contribution in [0, 0.1) is 0 Å². The standard InChI is InChI=1S/C30H41N3O5/c1-7-32(8-2)28(34)18-12-22-11-17-26(27(20-22)37-25-15-13-24(36-6)14-16-25)31-21-23-10-9-19-33(23)29(35)38-30(3,4)5/h11-18,20,23,31H,7-10,19,21H2,1-6H3/t23-/m0/s1. The molecule has 1 saturated heterocycles. The number of anilines is 1. The molecule has 1 aliphatic rings. The maximum absolute atomic E-state index is 12.7. The van der Waals surface area contributed by atoms with E-state index in [2.05, 4.69) is 5.32 Å². The van der Waals surface area contributed by atoms with Crippen molar-refractivity contribution in [3.05, 3.63) is 54.1 Å². The number of likely N-dealkylation sites (tertiary alicyclic amines) is 1. The van der Waals surface area contributed by atoms with E-state index in [1.165, 1.54) is 0 Å². The Kier molecular flexibility index (Phi) is 10.0. The second-order valence-electron chi connectivity index (χ2n) is 10.2. The van der Waals surface area contributed by atoms with Crippen LogP contribution in [0.1, 0.15) is 53.0 Å². The van der Waals surface area contributed by atoms with Crippen molar-refractivity contribution in [2.45, 2.75) is 59.1 Å². The fourth-order valence-corrected chi connectivity index (χ4v) is 4.29. The lowest BCUT2D eigenvalue weighted by Gasteiger charge is -2.29. The number of nitrogens with one attached hydrogen (secondary N) is 1. The van der Waals surface area contributed by atoms with Crippen LogP contribution >= 0.6 is 0 Å². The van der Waals surface area contributed by atoms with Crippen molar-refractivity contribution >= 4 is 23.8 Å². The number of amides is 2. The third-order valence-electron chi connectivity index (χ3n) is 6.32. The molecule has 0 spiro atoms. The lowest BCUT2D eigenvalue weighted by molar-refractivity contribution is -0.125. The molecule has 8 heteroatoms. The topological polar surface area (TPSA) is 80.3 Å². The maximum Gasteiger partial charge on any atom is 0.410 e. The molecular weight excluding hydrogens is 482 g/mol. The summed E-state index contributed by atoms with van der Waals surface area (Å²) in [5.74, 6) is 1.99. The normalized spacial score (nSPS) is 15.4. The van der Waals surface area contributed by atoms with Gasteiger partial charge in [0.1, 0.15) is 17.1 Å². The SMILES string of the molecule is CCN(CC)C(=O)C=Cc1ccc(NC[C@@H]2CCCN2C(=O)OC(C)(C)C)c(Oc2ccc(OC)cc2)c1. The van der Waals surface area contributed by atoms with Crippen LogP contribution in [0.5, 0.6) is 17.2 Å². The summed E-state index contributed by atoms with van der Waals surface area (Å²) in [4.78, 5) is 28.7. The fraction of sp³-hybridized carbons (Fsp3) is 0.467. The lowest BCUT2D eigenvalue weighted by Crippen LogP contribution is -2.42. The predicted octanol–water partition coefficient (Wildman–Crippen LogP) is 6.18. The molecule has 0 saturated carbocycles. The Morgan fingerprint density at radius 3 is 2.39 bits per heavy atom. The summed E-state index contributed by atoms with van der Waals surface area (Å²) in [5.41, 5.74) is 1.10. The second kappa shape index (κ2) is 13.2. The zero-order valence-electron chi connectivity index (χ0n) is 23.5. The number of hydrogen-bond acceptors (Lipinski definition) is 6. The Bertz CT molecular complexity index is 1100. The Hall–Kier alpha value is -3.68. The molecule has 1 fully saturated rings. The van der Waals surface area contributed by atoms with Crippen molar-refractivity contribution in [2.75, 3.05) is 38.6 Å². The number of carbonyl (C=O) groups excluding carboxylic acids is 2. The fourth-order valence-electron chi connectivity index (χ4n) is 4.29. The van der Waals surface area contributed by atoms with Crippen molar-refractivity contribution in [2.24, 2.45) is 0 Å². The zero-order valence-corrected chi connectivity index (χ0v) is 23.5. The van der Waals surface area contributed by atoms with E-state index in [-0.39, 0.29) is 18.0 Å². The highest BCUT2D eigenvalue weighted by Gasteiger charge is 2.32. The molecule has 0 aliphatic carbocycles. The van der Waals surface area contributed by atoms with Gasteiger partial charge in [-0.1, -0.05) is 6.07 Å². The first kappa shape index (κ1) is 28.9. The molecule has 1 N–H and O–H groups in total. The molecule has 2 aromatic rings. The van der Waals surface area contributed by atoms with Crippen LogP contribution in [0.15, 0.2) is 48.5 Å². The minimum atomic E-state index is -0.535. The van der Waals surface area contributed by atoms with Gasteiger partial charge in [0.25, 0.3) is 0 Å². The summed E-state index contributed by atoms with van der Waals surface area (Å²) in [5, 5.41) is 3.48. The average molecular weight is 524 g/mol. The molecule has 2 aromatic carbocycles. The van der Waals surface area contributed by atoms with Gasteiger partial charge in [0.2, 0.25) is 5.91 Å². The van der Waals surface area contributed by atoms with E-state index in [4.69, 9.17) is 14.2 Å². The third kappa shape index (κ3) is 8.16. The summed E-state index contributed by atoms with van der Waals surface area (Å²) in [6.45, 7) is 12.1. The van der Waals surface area contributed by atoms with Gasteiger partial charge in [-0.15, -0.1) is 0 Å². The smallest absolute Gasteiger partial charge is 0.410 e. The number of likely N-dealkylation sites (N-methyl/N-ethyl adjacent to an activating group) is 1. The number of carbonyl (C=O) groups is 2. The molecule has 0 aromatic heterocycles. The summed E-state index contributed by atoms with van der Waals surface area (Å²) in [6, 6.07) is 13.2. The molecule has 2 amide bonds. The highest BCUT2D eigenvalue weighted by atomic mass is 16.6. The minimum absolute atomic E-state index is 0.0185. The van der Waals surface area contributed by atoms with Gasteiger partial charge >= 0.3 is 6.09 Å². The van der Waals surface area contributed by atoms with E-state index >= 15 is 0 Å². The van der Waals surface area contributed by atoms with Crippen molar-refractivity contribution in [1.29, 1.82) is 0 Å². The average Bonchev–Trinajstić information content (AvgIpc) is 3.36. The summed E-state index contributed by atoms with van der Waals surface area (Å²) in [7, 11) is 1.62. The number of benzene rings is 2. The highest BCUT2D eigenvalue weighted by Crippen LogP contribution is 2.33. The molecule has 3 rings (SSSR count). The van der Waals surface area contributed by atoms with Crippen LogP contribution in [-0.4, -0.2) is 66.7 Å². The van der Waals surface area contributed by atoms with Crippen molar-refractivity contribution in [3.63, 3.8) is 0 Å². The predicted molar refractivity (Wildman–Crippen MR) is 151 cm³/mol. The molecule has 0 bridgehead atoms. The van der Waals surface area contributed by atoms with E-state index in [9.17, 15) is 9.59 Å². The van der Waals surface area contributed by atoms with Crippen molar-refractivity contribution in [3.8, 4) is 17.2 Å². The zero-order chi connectivity index (χ0) is 27.7. The quantitative estimate of drug-likeness (QED) is 0.375. The van der Waals surface area contributed by atoms with Gasteiger partial charge < -0.3 is 29.3 Å². The first-order chi connectivity index (χ1) is 18.1. The molecular formula is C30H41N3O5. The Morgan fingerprint density at radius 1 is 1.08 bits per heavy atom. The maximum atomic E-state index is 12.7. The third-order valence-corrected chi connectivity index (χ3v) is 6.32. The van der Waals surface area contributed by atoms with Gasteiger partial charge in [-0.25, -0.2) is 4.79 Å². The van der Waals surface area contributed by atoms with Crippen LogP contribution in [0.3, 0.4) is 0 Å². The first-order valence-electron chi connectivity index (χ1n) is 13.3. The number of nitrogens with zero attached hydrogens (tertiary/aromatic N) is 2. The van der Waals surface area contributed by atoms with E-state index in [0.717, 1.165) is 29.8 Å². The minimum Gasteiger partial charge on any atom is -0.497 e. The summed E-state index contributed by atoms with van der Waals surface area (Å²) >= 11 is 0. The van der Waals surface area contributed by atoms with Gasteiger partial charge in [-0.3, -0.25) is 4.79 Å². The van der Waals surface area contributed by atoms with Crippen LogP contribution in [0.25, 0.3) is 6.08 Å². The molecule has 8 nitrogen and oxygen atoms in total. The van der Waals surface area contributed by atoms with E-state index in [1.54, 1.807) is 29.1 Å². The van der Waals surface area contributed by atoms with Gasteiger partial charge in [0, 0.05) is 32.3 Å². The van der Waals surface area contributed by atoms with Crippen LogP contribution in [0.2, 0.25) is 0 Å². The van der Waals surface area contributed by atoms with Crippen molar-refractivity contribution in [1.82, 2.24) is 9.80 Å². The lowest BCUT2D eigenvalue weighted by atomic mass is 10.1. The van der Waals surface area contributed by atoms with Gasteiger partial charge in [-0.05, 0) is 95.5 Å². The van der Waals surface area contributed by atoms with E-state index in [0.29, 0.717) is 37.7 Å². The number of hydrogen-bond donors (Lipinski definition) is 1. The van der Waals surface area contributed by atoms with Crippen LogP contribution in [0.4, 0.5) is 10.5 Å². The van der Waals surface area contributed by atoms with E-state index in [1.807, 2.05) is 77.1 Å². The summed E-state index contributed by atoms with van der Waals surface area (Å²) in [6.07, 6.45) is 4.94. The van der Waals surface area contributed by atoms with Gasteiger partial charge in [0.15, 0.2) is 5.75 Å². The Balaban J connectivity index is 1.79. The number of methoxy groups -OCH3 is 1. The molecule has 206 valence electrons. The second-order valence-corrected chi connectivity index (χ2v) is 10.2. The molecule has 0 radical (unpaired) electrons. The highest BCUT2D eigenvalue weighted by molar-refractivity contribution is 5.92. The molecule has 0 unspecified atom stereocenters. The summed E-state index contributed by atoms with van der Waals surface area (Å²) < 4.78 is 17.1.